The molecule has 0 unspecified atom stereocenters. The zero-order chi connectivity index (χ0) is 8.27. The second kappa shape index (κ2) is 3.32. The molecule has 60 valence electrons. The minimum Gasteiger partial charge on any atom is -0.274 e. The van der Waals surface area contributed by atoms with Crippen LogP contribution in [0, 0.1) is 0 Å². The Morgan fingerprint density at radius 2 is 1.91 bits per heavy atom. The third kappa shape index (κ3) is 1.67. The molecule has 0 aromatic rings. The van der Waals surface area contributed by atoms with Crippen molar-refractivity contribution in [2.75, 3.05) is 0 Å². The Hall–Kier alpha value is -1.12. The molecule has 0 aromatic heterocycles. The van der Waals surface area contributed by atoms with E-state index in [0.717, 1.165) is 6.42 Å². The van der Waals surface area contributed by atoms with Crippen LogP contribution in [0.2, 0.25) is 0 Å². The second-order valence-corrected chi connectivity index (χ2v) is 2.45. The van der Waals surface area contributed by atoms with Crippen LogP contribution < -0.4 is 0 Å². The lowest BCUT2D eigenvalue weighted by Gasteiger charge is -2.05. The number of carbonyl (C=O) groups is 2. The van der Waals surface area contributed by atoms with E-state index in [1.54, 1.807) is 12.3 Å². The Morgan fingerprint density at radius 1 is 1.36 bits per heavy atom. The minimum absolute atomic E-state index is 0.0836. The van der Waals surface area contributed by atoms with E-state index in [1.165, 1.54) is 4.90 Å². The summed E-state index contributed by atoms with van der Waals surface area (Å²) in [6.45, 7) is 1.96. The number of nitrogens with zero attached hydrogens (tertiary/aromatic N) is 1. The van der Waals surface area contributed by atoms with Crippen LogP contribution in [0.25, 0.3) is 0 Å². The van der Waals surface area contributed by atoms with E-state index in [-0.39, 0.29) is 11.8 Å². The number of allylic oxidation sites excluding steroid dienone is 1. The molecule has 0 saturated carbocycles. The number of rotatable bonds is 2. The number of imide groups is 1. The summed E-state index contributed by atoms with van der Waals surface area (Å²) in [4.78, 5) is 23.1. The van der Waals surface area contributed by atoms with Crippen molar-refractivity contribution in [3.05, 3.63) is 12.3 Å². The Balaban J connectivity index is 2.61. The van der Waals surface area contributed by atoms with Gasteiger partial charge in [0.15, 0.2) is 0 Å². The molecule has 0 aliphatic carbocycles. The Morgan fingerprint density at radius 3 is 2.36 bits per heavy atom. The van der Waals surface area contributed by atoms with Crippen molar-refractivity contribution in [2.24, 2.45) is 0 Å². The van der Waals surface area contributed by atoms with Crippen LogP contribution >= 0.6 is 0 Å². The van der Waals surface area contributed by atoms with Crippen molar-refractivity contribution in [1.82, 2.24) is 4.90 Å². The Bertz CT molecular complexity index is 192. The highest BCUT2D eigenvalue weighted by molar-refractivity contribution is 6.02. The first-order chi connectivity index (χ1) is 5.25. The molecule has 0 N–H and O–H groups in total. The molecule has 11 heavy (non-hydrogen) atoms. The average Bonchev–Trinajstić information content (AvgIpc) is 2.29. The highest BCUT2D eigenvalue weighted by atomic mass is 16.2. The van der Waals surface area contributed by atoms with Gasteiger partial charge >= 0.3 is 0 Å². The van der Waals surface area contributed by atoms with Gasteiger partial charge in [0.1, 0.15) is 0 Å². The summed E-state index contributed by atoms with van der Waals surface area (Å²) in [6, 6.07) is 0. The fraction of sp³-hybridized carbons (Fsp3) is 0.500. The van der Waals surface area contributed by atoms with E-state index in [4.69, 9.17) is 0 Å². The van der Waals surface area contributed by atoms with Crippen LogP contribution in [0.3, 0.4) is 0 Å². The molecular formula is C8H11NO2. The van der Waals surface area contributed by atoms with Gasteiger partial charge in [-0.25, -0.2) is 0 Å². The molecule has 1 heterocycles. The van der Waals surface area contributed by atoms with Crippen LogP contribution in [-0.4, -0.2) is 16.7 Å². The fourth-order valence-corrected chi connectivity index (χ4v) is 0.971. The molecule has 0 atom stereocenters. The van der Waals surface area contributed by atoms with Crippen molar-refractivity contribution < 1.29 is 9.59 Å². The molecule has 1 saturated heterocycles. The van der Waals surface area contributed by atoms with Gasteiger partial charge < -0.3 is 0 Å². The van der Waals surface area contributed by atoms with Crippen molar-refractivity contribution in [2.45, 2.75) is 26.2 Å². The van der Waals surface area contributed by atoms with Crippen molar-refractivity contribution >= 4 is 11.8 Å². The first-order valence-electron chi connectivity index (χ1n) is 3.77. The summed E-state index contributed by atoms with van der Waals surface area (Å²) in [5.74, 6) is -0.167. The lowest BCUT2D eigenvalue weighted by Crippen LogP contribution is -2.22. The summed E-state index contributed by atoms with van der Waals surface area (Å²) in [5.41, 5.74) is 0. The minimum atomic E-state index is -0.0836. The molecule has 0 aromatic carbocycles. The molecule has 1 aliphatic rings. The highest BCUT2D eigenvalue weighted by Crippen LogP contribution is 2.11. The van der Waals surface area contributed by atoms with E-state index in [2.05, 4.69) is 0 Å². The third-order valence-corrected chi connectivity index (χ3v) is 1.58. The third-order valence-electron chi connectivity index (χ3n) is 1.58. The zero-order valence-corrected chi connectivity index (χ0v) is 6.54. The number of likely N-dealkylation sites (tertiary alicyclic amines) is 1. The lowest BCUT2D eigenvalue weighted by molar-refractivity contribution is -0.135. The molecular weight excluding hydrogens is 142 g/mol. The number of amides is 2. The summed E-state index contributed by atoms with van der Waals surface area (Å²) >= 11 is 0. The van der Waals surface area contributed by atoms with Crippen molar-refractivity contribution in [1.29, 1.82) is 0 Å². The predicted molar refractivity (Wildman–Crippen MR) is 40.5 cm³/mol. The van der Waals surface area contributed by atoms with Gasteiger partial charge in [-0.05, 0) is 6.42 Å². The maximum atomic E-state index is 10.9. The number of carbonyl (C=O) groups excluding carboxylic acids is 2. The molecule has 3 heteroatoms. The van der Waals surface area contributed by atoms with Crippen LogP contribution in [0.5, 0.6) is 0 Å². The van der Waals surface area contributed by atoms with E-state index >= 15 is 0 Å². The molecule has 0 radical (unpaired) electrons. The molecule has 0 bridgehead atoms. The van der Waals surface area contributed by atoms with Crippen LogP contribution in [-0.2, 0) is 9.59 Å². The summed E-state index contributed by atoms with van der Waals surface area (Å²) in [7, 11) is 0. The maximum Gasteiger partial charge on any atom is 0.233 e. The van der Waals surface area contributed by atoms with Gasteiger partial charge in [-0.2, -0.15) is 0 Å². The second-order valence-electron chi connectivity index (χ2n) is 2.45. The van der Waals surface area contributed by atoms with Gasteiger partial charge in [0.25, 0.3) is 0 Å². The number of hydrogen-bond donors (Lipinski definition) is 0. The van der Waals surface area contributed by atoms with E-state index in [9.17, 15) is 9.59 Å². The normalized spacial score (nSPS) is 18.8. The summed E-state index contributed by atoms with van der Waals surface area (Å²) in [5, 5.41) is 0. The largest absolute Gasteiger partial charge is 0.274 e. The smallest absolute Gasteiger partial charge is 0.233 e. The van der Waals surface area contributed by atoms with Crippen molar-refractivity contribution in [3.8, 4) is 0 Å². The van der Waals surface area contributed by atoms with Gasteiger partial charge in [-0.15, -0.1) is 0 Å². The van der Waals surface area contributed by atoms with E-state index in [1.807, 2.05) is 6.92 Å². The first kappa shape index (κ1) is 7.98. The predicted octanol–water partition coefficient (Wildman–Crippen LogP) is 1.06. The average molecular weight is 153 g/mol. The molecule has 0 spiro atoms. The van der Waals surface area contributed by atoms with Gasteiger partial charge in [-0.3, -0.25) is 14.5 Å². The van der Waals surface area contributed by atoms with Crippen LogP contribution in [0.1, 0.15) is 26.2 Å². The van der Waals surface area contributed by atoms with Gasteiger partial charge in [0.2, 0.25) is 11.8 Å². The SMILES string of the molecule is CC/C=C/N1C(=O)CCC1=O. The Kier molecular flexibility index (Phi) is 2.41. The summed E-state index contributed by atoms with van der Waals surface area (Å²) < 4.78 is 0. The zero-order valence-electron chi connectivity index (χ0n) is 6.54. The fourth-order valence-electron chi connectivity index (χ4n) is 0.971. The number of hydrogen-bond acceptors (Lipinski definition) is 2. The topological polar surface area (TPSA) is 37.4 Å². The van der Waals surface area contributed by atoms with Gasteiger partial charge in [0.05, 0.1) is 0 Å². The quantitative estimate of drug-likeness (QED) is 0.556. The first-order valence-corrected chi connectivity index (χ1v) is 3.77. The van der Waals surface area contributed by atoms with Crippen molar-refractivity contribution in [3.63, 3.8) is 0 Å². The maximum absolute atomic E-state index is 10.9. The standard InChI is InChI=1S/C8H11NO2/c1-2-3-6-9-7(10)4-5-8(9)11/h3,6H,2,4-5H2,1H3/b6-3+. The molecule has 2 amide bonds. The van der Waals surface area contributed by atoms with E-state index in [0.29, 0.717) is 12.8 Å². The molecule has 1 aliphatic heterocycles. The van der Waals surface area contributed by atoms with Crippen LogP contribution in [0.15, 0.2) is 12.3 Å². The molecule has 1 rings (SSSR count). The monoisotopic (exact) mass is 153 g/mol. The highest BCUT2D eigenvalue weighted by Gasteiger charge is 2.26. The molecule has 1 fully saturated rings. The molecule has 3 nitrogen and oxygen atoms in total. The lowest BCUT2D eigenvalue weighted by atomic mass is 10.4. The van der Waals surface area contributed by atoms with E-state index < -0.39 is 0 Å². The summed E-state index contributed by atoms with van der Waals surface area (Å²) in [6.07, 6.45) is 4.95. The van der Waals surface area contributed by atoms with Gasteiger partial charge in [-0.1, -0.05) is 13.0 Å². The van der Waals surface area contributed by atoms with Gasteiger partial charge in [0, 0.05) is 19.0 Å². The Labute approximate surface area is 65.7 Å². The van der Waals surface area contributed by atoms with Crippen LogP contribution in [0.4, 0.5) is 0 Å².